The molecule has 0 saturated carbocycles. The highest BCUT2D eigenvalue weighted by molar-refractivity contribution is 6.26. The zero-order valence-corrected chi connectivity index (χ0v) is 64.2. The molecule has 0 aliphatic rings. The number of aromatic nitrogens is 9. The Morgan fingerprint density at radius 1 is 0.168 bits per heavy atom. The lowest BCUT2D eigenvalue weighted by Gasteiger charge is -2.13. The molecule has 26 aromatic rings. The first-order valence-electron chi connectivity index (χ1n) is 40.4. The summed E-state index contributed by atoms with van der Waals surface area (Å²) < 4.78 is 6.94. The van der Waals surface area contributed by atoms with E-state index in [9.17, 15) is 0 Å². The maximum Gasteiger partial charge on any atom is 0.146 e. The van der Waals surface area contributed by atoms with Crippen LogP contribution in [0, 0.1) is 0 Å². The lowest BCUT2D eigenvalue weighted by molar-refractivity contribution is 1.31. The minimum atomic E-state index is 0.963. The van der Waals surface area contributed by atoms with Crippen molar-refractivity contribution in [2.24, 2.45) is 0 Å². The van der Waals surface area contributed by atoms with Gasteiger partial charge in [0.05, 0.1) is 66.2 Å². The van der Waals surface area contributed by atoms with Gasteiger partial charge in [0.15, 0.2) is 0 Å². The fourth-order valence-corrected chi connectivity index (χ4v) is 18.5. The first kappa shape index (κ1) is 67.4. The van der Waals surface area contributed by atoms with Crippen LogP contribution in [0.3, 0.4) is 0 Å². The Morgan fingerprint density at radius 3 is 0.908 bits per heavy atom. The van der Waals surface area contributed by atoms with Gasteiger partial charge in [0.25, 0.3) is 0 Å². The molecule has 0 amide bonds. The molecule has 0 saturated heterocycles. The third-order valence-corrected chi connectivity index (χ3v) is 24.2. The molecule has 17 aromatic carbocycles. The highest BCUT2D eigenvalue weighted by atomic mass is 15.0. The summed E-state index contributed by atoms with van der Waals surface area (Å²) >= 11 is 0. The lowest BCUT2D eigenvalue weighted by atomic mass is 9.95. The fraction of sp³-hybridized carbons (Fsp3) is 0. The third kappa shape index (κ3) is 11.1. The Balaban J connectivity index is 0.000000102. The molecule has 0 fully saturated rings. The van der Waals surface area contributed by atoms with E-state index in [1.807, 2.05) is 36.8 Å². The van der Waals surface area contributed by atoms with Gasteiger partial charge in [-0.3, -0.25) is 28.2 Å². The van der Waals surface area contributed by atoms with E-state index in [0.717, 1.165) is 132 Å². The van der Waals surface area contributed by atoms with Crippen LogP contribution >= 0.6 is 0 Å². The molecule has 0 N–H and O–H groups in total. The molecule has 0 aliphatic carbocycles. The standard InChI is InChI=1S/2C38H23N3.C34H21N3/c1-2-10-29-25(7-1)8-5-11-30(29)26-16-14-24(15-17-26)28-19-20-31-35(23-28)41-34-13-4-3-12-33(34)40-38(41)32-21-18-27-9-6-22-39-37(27)36(31)32;1-2-7-28-22-29(16-15-24(28)6-1)25-11-13-26(14-12-25)30-18-19-31-35(23-30)41-34-10-4-3-9-33(34)40-38(41)32-20-17-27-8-5-21-39-37(27)36(31)32;1-2-7-22(8-3-1)23-12-14-24(15-13-23)26-17-18-27-31(21-26)37-30-11-5-4-10-29(30)36-34(37)28-19-16-25-9-6-20-35-33(25)32(27)28/h2*1-23H;1-21H. The predicted molar refractivity (Wildman–Crippen MR) is 497 cm³/mol. The predicted octanol–water partition coefficient (Wildman–Crippen LogP) is 28.3. The van der Waals surface area contributed by atoms with Crippen molar-refractivity contribution < 1.29 is 0 Å². The van der Waals surface area contributed by atoms with Crippen molar-refractivity contribution in [2.75, 3.05) is 0 Å². The van der Waals surface area contributed by atoms with Crippen LogP contribution < -0.4 is 0 Å². The second kappa shape index (κ2) is 27.3. The molecule has 119 heavy (non-hydrogen) atoms. The molecule has 0 bridgehead atoms. The summed E-state index contributed by atoms with van der Waals surface area (Å²) in [4.78, 5) is 29.7. The van der Waals surface area contributed by atoms with Crippen LogP contribution in [0.4, 0.5) is 0 Å². The molecule has 9 heterocycles. The third-order valence-electron chi connectivity index (χ3n) is 24.2. The van der Waals surface area contributed by atoms with Gasteiger partial charge in [-0.15, -0.1) is 0 Å². The number of hydrogen-bond acceptors (Lipinski definition) is 6. The van der Waals surface area contributed by atoms with Crippen molar-refractivity contribution in [3.8, 4) is 66.8 Å². The Hall–Kier alpha value is -16.1. The van der Waals surface area contributed by atoms with Crippen molar-refractivity contribution in [3.05, 3.63) is 407 Å². The second-order valence-corrected chi connectivity index (χ2v) is 30.9. The van der Waals surface area contributed by atoms with Gasteiger partial charge in [-0.2, -0.15) is 0 Å². The number of rotatable bonds is 6. The summed E-state index contributed by atoms with van der Waals surface area (Å²) in [5.74, 6) is 0. The van der Waals surface area contributed by atoms with Crippen LogP contribution in [-0.2, 0) is 0 Å². The summed E-state index contributed by atoms with van der Waals surface area (Å²) in [5, 5.41) is 18.8. The van der Waals surface area contributed by atoms with Gasteiger partial charge in [-0.25, -0.2) is 15.0 Å². The summed E-state index contributed by atoms with van der Waals surface area (Å²) in [6.07, 6.45) is 5.64. The molecule has 0 unspecified atom stereocenters. The highest BCUT2D eigenvalue weighted by Gasteiger charge is 2.22. The van der Waals surface area contributed by atoms with Crippen LogP contribution in [0.5, 0.6) is 0 Å². The molecule has 0 radical (unpaired) electrons. The van der Waals surface area contributed by atoms with E-state index in [2.05, 4.69) is 383 Å². The molecule has 0 aliphatic heterocycles. The summed E-state index contributed by atoms with van der Waals surface area (Å²) in [6, 6.07) is 138. The van der Waals surface area contributed by atoms with Crippen molar-refractivity contribution in [1.82, 2.24) is 43.1 Å². The minimum absolute atomic E-state index is 0.963. The van der Waals surface area contributed by atoms with E-state index >= 15 is 0 Å². The minimum Gasteiger partial charge on any atom is -0.292 e. The number of para-hydroxylation sites is 6. The second-order valence-electron chi connectivity index (χ2n) is 30.9. The fourth-order valence-electron chi connectivity index (χ4n) is 18.5. The average molecular weight is 1510 g/mol. The first-order chi connectivity index (χ1) is 59.0. The van der Waals surface area contributed by atoms with E-state index < -0.39 is 0 Å². The number of benzene rings is 17. The van der Waals surface area contributed by atoms with Crippen LogP contribution in [0.25, 0.3) is 236 Å². The average Bonchev–Trinajstić information content (AvgIpc) is 1.64. The number of imidazole rings is 3. The van der Waals surface area contributed by atoms with E-state index in [1.54, 1.807) is 0 Å². The van der Waals surface area contributed by atoms with E-state index in [4.69, 9.17) is 29.9 Å². The topological polar surface area (TPSA) is 90.6 Å². The summed E-state index contributed by atoms with van der Waals surface area (Å²) in [6.45, 7) is 0. The smallest absolute Gasteiger partial charge is 0.146 e. The van der Waals surface area contributed by atoms with Crippen molar-refractivity contribution in [1.29, 1.82) is 0 Å². The monoisotopic (exact) mass is 1510 g/mol. The van der Waals surface area contributed by atoms with Crippen LogP contribution in [0.2, 0.25) is 0 Å². The van der Waals surface area contributed by atoms with E-state index in [-0.39, 0.29) is 0 Å². The molecule has 9 aromatic heterocycles. The lowest BCUT2D eigenvalue weighted by Crippen LogP contribution is -1.94. The number of fused-ring (bicyclic) bond motifs is 32. The largest absolute Gasteiger partial charge is 0.292 e. The normalized spacial score (nSPS) is 11.9. The van der Waals surface area contributed by atoms with Gasteiger partial charge in [0.1, 0.15) is 16.9 Å². The van der Waals surface area contributed by atoms with Crippen molar-refractivity contribution >= 4 is 169 Å². The molecule has 0 spiro atoms. The summed E-state index contributed by atoms with van der Waals surface area (Å²) in [5.41, 5.74) is 30.1. The van der Waals surface area contributed by atoms with Gasteiger partial charge >= 0.3 is 0 Å². The van der Waals surface area contributed by atoms with Gasteiger partial charge in [-0.05, 0) is 185 Å². The molecular formula is C110H67N9. The Kier molecular flexibility index (Phi) is 15.5. The van der Waals surface area contributed by atoms with Crippen LogP contribution in [0.1, 0.15) is 0 Å². The SMILES string of the molecule is c1ccc(-c2ccc(-c3ccc4c5c(ccc6cccnc65)c5nc6ccccc6n5c4c3)cc2)cc1.c1ccc2c(-c3ccc(-c4ccc5c6c(ccc7cccnc76)c6nc7ccccc7n6c5c4)cc3)cccc2c1.c1ccc2cc(-c3ccc(-c4ccc5c6c(ccc7cccnc76)c6nc7ccccc7n6c5c4)cc3)ccc2c1. The maximum absolute atomic E-state index is 5.11. The van der Waals surface area contributed by atoms with Crippen molar-refractivity contribution in [3.63, 3.8) is 0 Å². The van der Waals surface area contributed by atoms with Gasteiger partial charge < -0.3 is 0 Å². The Labute approximate surface area is 681 Å². The van der Waals surface area contributed by atoms with Crippen molar-refractivity contribution in [2.45, 2.75) is 0 Å². The van der Waals surface area contributed by atoms with E-state index in [1.165, 1.54) is 104 Å². The van der Waals surface area contributed by atoms with Crippen LogP contribution in [-0.4, -0.2) is 43.1 Å². The molecular weight excluding hydrogens is 1450 g/mol. The zero-order chi connectivity index (χ0) is 78.2. The Bertz CT molecular complexity index is 8650. The molecule has 9 nitrogen and oxygen atoms in total. The number of pyridine rings is 6. The zero-order valence-electron chi connectivity index (χ0n) is 64.2. The molecule has 552 valence electrons. The number of hydrogen-bond donors (Lipinski definition) is 0. The van der Waals surface area contributed by atoms with E-state index in [0.29, 0.717) is 0 Å². The summed E-state index contributed by atoms with van der Waals surface area (Å²) in [7, 11) is 0. The molecule has 0 atom stereocenters. The first-order valence-corrected chi connectivity index (χ1v) is 40.4. The van der Waals surface area contributed by atoms with Crippen LogP contribution in [0.15, 0.2) is 407 Å². The maximum atomic E-state index is 5.11. The highest BCUT2D eigenvalue weighted by Crippen LogP contribution is 2.44. The van der Waals surface area contributed by atoms with Gasteiger partial charge in [-0.1, -0.05) is 291 Å². The van der Waals surface area contributed by atoms with Gasteiger partial charge in [0, 0.05) is 83.2 Å². The molecule has 26 rings (SSSR count). The Morgan fingerprint density at radius 2 is 0.471 bits per heavy atom. The quantitative estimate of drug-likeness (QED) is 0.154. The van der Waals surface area contributed by atoms with Gasteiger partial charge in [0.2, 0.25) is 0 Å². The number of nitrogens with zero attached hydrogens (tertiary/aromatic N) is 9. The molecule has 9 heteroatoms.